The van der Waals surface area contributed by atoms with Crippen molar-refractivity contribution in [2.45, 2.75) is 5.41 Å². The third-order valence-electron chi connectivity index (χ3n) is 15.4. The van der Waals surface area contributed by atoms with E-state index in [-0.39, 0.29) is 0 Å². The molecule has 0 aliphatic heterocycles. The van der Waals surface area contributed by atoms with Gasteiger partial charge in [0.05, 0.1) is 22.1 Å². The molecule has 2 heteroatoms. The number of rotatable bonds is 5. The maximum Gasteiger partial charge on any atom is 0.0726 e. The lowest BCUT2D eigenvalue weighted by Gasteiger charge is -2.33. The van der Waals surface area contributed by atoms with Crippen molar-refractivity contribution >= 4 is 71.2 Å². The first-order chi connectivity index (χ1) is 34.3. The van der Waals surface area contributed by atoms with Crippen molar-refractivity contribution in [3.63, 3.8) is 0 Å². The van der Waals surface area contributed by atoms with E-state index in [0.29, 0.717) is 0 Å². The number of fused-ring (bicyclic) bond motifs is 19. The minimum absolute atomic E-state index is 0.475. The van der Waals surface area contributed by atoms with Crippen molar-refractivity contribution in [3.05, 3.63) is 277 Å². The molecule has 0 atom stereocenters. The van der Waals surface area contributed by atoms with E-state index in [9.17, 15) is 0 Å². The fraction of sp³-hybridized carbons (Fsp3) is 0.0149. The smallest absolute Gasteiger partial charge is 0.0726 e. The second-order valence-electron chi connectivity index (χ2n) is 18.7. The molecule has 0 N–H and O–H groups in total. The Balaban J connectivity index is 1.01. The van der Waals surface area contributed by atoms with Gasteiger partial charge in [0.2, 0.25) is 0 Å². The van der Waals surface area contributed by atoms with Crippen molar-refractivity contribution in [2.75, 3.05) is 4.90 Å². The zero-order valence-corrected chi connectivity index (χ0v) is 37.6. The summed E-state index contributed by atoms with van der Waals surface area (Å²) in [4.78, 5) is 2.53. The molecule has 0 bridgehead atoms. The Morgan fingerprint density at radius 2 is 0.739 bits per heavy atom. The summed E-state index contributed by atoms with van der Waals surface area (Å²) in [6.07, 6.45) is 0. The Morgan fingerprint density at radius 3 is 1.39 bits per heavy atom. The van der Waals surface area contributed by atoms with E-state index in [1.165, 1.54) is 104 Å². The molecule has 13 aromatic rings. The Labute approximate surface area is 400 Å². The Morgan fingerprint density at radius 1 is 0.275 bits per heavy atom. The largest absolute Gasteiger partial charge is 0.310 e. The molecule has 0 fully saturated rings. The monoisotopic (exact) mass is 874 g/mol. The first-order valence-corrected chi connectivity index (χ1v) is 24.0. The van der Waals surface area contributed by atoms with Crippen LogP contribution in [-0.4, -0.2) is 4.57 Å². The number of anilines is 3. The van der Waals surface area contributed by atoms with Gasteiger partial charge in [-0.25, -0.2) is 0 Å². The van der Waals surface area contributed by atoms with Crippen LogP contribution in [0.4, 0.5) is 17.1 Å². The third kappa shape index (κ3) is 5.26. The normalized spacial score (nSPS) is 13.0. The Kier molecular flexibility index (Phi) is 8.02. The van der Waals surface area contributed by atoms with E-state index in [4.69, 9.17) is 0 Å². The van der Waals surface area contributed by atoms with Crippen LogP contribution < -0.4 is 4.90 Å². The highest BCUT2D eigenvalue weighted by Crippen LogP contribution is 2.63. The van der Waals surface area contributed by atoms with E-state index in [1.54, 1.807) is 0 Å². The van der Waals surface area contributed by atoms with Gasteiger partial charge in [0.1, 0.15) is 0 Å². The van der Waals surface area contributed by atoms with Gasteiger partial charge in [0, 0.05) is 33.4 Å². The second kappa shape index (κ2) is 14.5. The minimum Gasteiger partial charge on any atom is -0.310 e. The molecule has 0 radical (unpaired) electrons. The summed E-state index contributed by atoms with van der Waals surface area (Å²) in [5.74, 6) is 0. The molecule has 0 amide bonds. The standard InChI is InChI=1S/C67H42N2/c1-2-18-44(19-3-1)69-65-33-17-12-28-57(65)59-40-43(34-39-66(59)69)47-20-11-16-32-64(47)68(45-35-37-52-50-23-5-4-21-48(50)49-22-6-7-24-51(49)58(52)41-45)46-36-38-56-55-27-10-15-31-62(55)67(63(56)42-46)60-29-13-8-25-53(60)54-26-9-14-30-61(54)67/h1-42H. The van der Waals surface area contributed by atoms with Crippen LogP contribution in [0, 0.1) is 0 Å². The molecule has 15 rings (SSSR count). The van der Waals surface area contributed by atoms with Crippen LogP contribution in [0.3, 0.4) is 0 Å². The fourth-order valence-electron chi connectivity index (χ4n) is 12.6. The van der Waals surface area contributed by atoms with Gasteiger partial charge in [0.25, 0.3) is 0 Å². The lowest BCUT2D eigenvalue weighted by molar-refractivity contribution is 0.793. The van der Waals surface area contributed by atoms with Crippen molar-refractivity contribution in [1.29, 1.82) is 0 Å². The number of hydrogen-bond donors (Lipinski definition) is 0. The van der Waals surface area contributed by atoms with Gasteiger partial charge < -0.3 is 9.47 Å². The summed E-state index contributed by atoms with van der Waals surface area (Å²) in [6, 6.07) is 95.0. The summed E-state index contributed by atoms with van der Waals surface area (Å²) < 4.78 is 2.40. The molecule has 1 spiro atoms. The van der Waals surface area contributed by atoms with Gasteiger partial charge in [-0.1, -0.05) is 194 Å². The van der Waals surface area contributed by atoms with Crippen molar-refractivity contribution < 1.29 is 0 Å². The Bertz CT molecular complexity index is 4170. The summed E-state index contributed by atoms with van der Waals surface area (Å²) in [7, 11) is 0. The lowest BCUT2D eigenvalue weighted by Crippen LogP contribution is -2.26. The predicted molar refractivity (Wildman–Crippen MR) is 290 cm³/mol. The van der Waals surface area contributed by atoms with Crippen LogP contribution in [0.1, 0.15) is 22.3 Å². The molecule has 0 saturated carbocycles. The maximum atomic E-state index is 2.53. The van der Waals surface area contributed by atoms with Crippen LogP contribution in [-0.2, 0) is 5.41 Å². The van der Waals surface area contributed by atoms with E-state index in [2.05, 4.69) is 264 Å². The quantitative estimate of drug-likeness (QED) is 0.156. The lowest BCUT2D eigenvalue weighted by atomic mass is 9.70. The molecule has 69 heavy (non-hydrogen) atoms. The number of hydrogen-bond acceptors (Lipinski definition) is 1. The highest BCUT2D eigenvalue weighted by molar-refractivity contribution is 6.26. The Hall–Kier alpha value is -8.98. The molecular weight excluding hydrogens is 833 g/mol. The molecule has 0 saturated heterocycles. The van der Waals surface area contributed by atoms with Crippen LogP contribution in [0.25, 0.3) is 93.2 Å². The first kappa shape index (κ1) is 38.2. The van der Waals surface area contributed by atoms with Crippen LogP contribution in [0.15, 0.2) is 255 Å². The summed E-state index contributed by atoms with van der Waals surface area (Å²) in [5.41, 5.74) is 19.3. The fourth-order valence-corrected chi connectivity index (χ4v) is 12.6. The molecule has 320 valence electrons. The van der Waals surface area contributed by atoms with Gasteiger partial charge >= 0.3 is 0 Å². The van der Waals surface area contributed by atoms with Crippen molar-refractivity contribution in [2.24, 2.45) is 0 Å². The number of para-hydroxylation sites is 3. The van der Waals surface area contributed by atoms with E-state index in [1.807, 2.05) is 0 Å². The van der Waals surface area contributed by atoms with Crippen molar-refractivity contribution in [3.8, 4) is 39.1 Å². The van der Waals surface area contributed by atoms with E-state index >= 15 is 0 Å². The SMILES string of the molecule is c1ccc(-n2c3ccccc3c3cc(-c4ccccc4N(c4ccc5c(c4)C4(c6ccccc6-c6ccccc64)c4ccccc4-5)c4ccc5c6ccccc6c6ccccc6c5c4)ccc32)cc1. The molecule has 2 nitrogen and oxygen atoms in total. The van der Waals surface area contributed by atoms with Gasteiger partial charge in [-0.05, 0) is 143 Å². The molecule has 1 heterocycles. The topological polar surface area (TPSA) is 8.17 Å². The number of nitrogens with zero attached hydrogens (tertiary/aromatic N) is 2. The van der Waals surface area contributed by atoms with Gasteiger partial charge in [-0.15, -0.1) is 0 Å². The molecule has 1 aromatic heterocycles. The molecule has 0 unspecified atom stereocenters. The molecule has 12 aromatic carbocycles. The van der Waals surface area contributed by atoms with E-state index < -0.39 is 5.41 Å². The highest BCUT2D eigenvalue weighted by Gasteiger charge is 2.51. The zero-order valence-electron chi connectivity index (χ0n) is 37.6. The van der Waals surface area contributed by atoms with Gasteiger partial charge in [0.15, 0.2) is 0 Å². The minimum atomic E-state index is -0.475. The number of benzene rings is 12. The van der Waals surface area contributed by atoms with Gasteiger partial charge in [-0.3, -0.25) is 0 Å². The summed E-state index contributed by atoms with van der Waals surface area (Å²) in [6.45, 7) is 0. The zero-order chi connectivity index (χ0) is 45.2. The molecule has 2 aliphatic carbocycles. The molecule has 2 aliphatic rings. The molecular formula is C67H42N2. The van der Waals surface area contributed by atoms with Crippen molar-refractivity contribution in [1.82, 2.24) is 4.57 Å². The average molecular weight is 875 g/mol. The number of aromatic nitrogens is 1. The highest BCUT2D eigenvalue weighted by atomic mass is 15.1. The predicted octanol–water partition coefficient (Wildman–Crippen LogP) is 17.7. The summed E-state index contributed by atoms with van der Waals surface area (Å²) in [5, 5.41) is 10.0. The van der Waals surface area contributed by atoms with Crippen LogP contribution in [0.5, 0.6) is 0 Å². The summed E-state index contributed by atoms with van der Waals surface area (Å²) >= 11 is 0. The third-order valence-corrected chi connectivity index (χ3v) is 15.4. The van der Waals surface area contributed by atoms with Crippen LogP contribution in [0.2, 0.25) is 0 Å². The maximum absolute atomic E-state index is 2.53. The average Bonchev–Trinajstić information content (AvgIpc) is 4.03. The van der Waals surface area contributed by atoms with Gasteiger partial charge in [-0.2, -0.15) is 0 Å². The van der Waals surface area contributed by atoms with E-state index in [0.717, 1.165) is 28.3 Å². The second-order valence-corrected chi connectivity index (χ2v) is 18.7. The van der Waals surface area contributed by atoms with Crippen LogP contribution >= 0.6 is 0 Å². The first-order valence-electron chi connectivity index (χ1n) is 24.0.